The molecular formula is C21H14F3N5OS2. The van der Waals surface area contributed by atoms with Crippen LogP contribution in [-0.2, 0) is 6.18 Å². The Kier molecular flexibility index (Phi) is 4.94. The molecule has 0 saturated carbocycles. The van der Waals surface area contributed by atoms with E-state index in [0.29, 0.717) is 27.5 Å². The van der Waals surface area contributed by atoms with E-state index in [2.05, 4.69) is 20.3 Å². The van der Waals surface area contributed by atoms with Crippen molar-refractivity contribution in [3.05, 3.63) is 75.2 Å². The summed E-state index contributed by atoms with van der Waals surface area (Å²) in [6, 6.07) is 9.77. The maximum Gasteiger partial charge on any atom is 0.418 e. The molecule has 11 heteroatoms. The van der Waals surface area contributed by atoms with Crippen molar-refractivity contribution >= 4 is 48.9 Å². The van der Waals surface area contributed by atoms with Gasteiger partial charge >= 0.3 is 6.18 Å². The monoisotopic (exact) mass is 473 g/mol. The third kappa shape index (κ3) is 3.43. The van der Waals surface area contributed by atoms with Gasteiger partial charge in [0.15, 0.2) is 5.82 Å². The number of para-hydroxylation sites is 1. The fourth-order valence-electron chi connectivity index (χ4n) is 3.58. The molecule has 0 radical (unpaired) electrons. The molecule has 5 rings (SSSR count). The normalized spacial score (nSPS) is 13.0. The molecule has 0 amide bonds. The van der Waals surface area contributed by atoms with E-state index in [4.69, 9.17) is 0 Å². The Hall–Kier alpha value is -3.31. The zero-order chi connectivity index (χ0) is 22.5. The summed E-state index contributed by atoms with van der Waals surface area (Å²) in [5.74, 6) is 0.484. The molecule has 1 aromatic carbocycles. The average molecular weight is 474 g/mol. The van der Waals surface area contributed by atoms with Gasteiger partial charge in [0.2, 0.25) is 0 Å². The SMILES string of the molecule is C[C@H](Nc1ncnc2scnc12)c1cc2scc(C(F)(F)F)c2c(=O)n1-c1ccccc1. The highest BCUT2D eigenvalue weighted by molar-refractivity contribution is 7.17. The first kappa shape index (κ1) is 20.6. The maximum atomic E-state index is 13.6. The van der Waals surface area contributed by atoms with Crippen LogP contribution in [0, 0.1) is 0 Å². The summed E-state index contributed by atoms with van der Waals surface area (Å²) < 4.78 is 42.3. The lowest BCUT2D eigenvalue weighted by molar-refractivity contribution is -0.136. The van der Waals surface area contributed by atoms with Crippen LogP contribution in [0.2, 0.25) is 0 Å². The van der Waals surface area contributed by atoms with Crippen molar-refractivity contribution in [3.63, 3.8) is 0 Å². The minimum Gasteiger partial charge on any atom is -0.360 e. The van der Waals surface area contributed by atoms with Gasteiger partial charge in [-0.15, -0.1) is 22.7 Å². The minimum absolute atomic E-state index is 0.277. The molecule has 0 aliphatic carbocycles. The fourth-order valence-corrected chi connectivity index (χ4v) is 5.20. The van der Waals surface area contributed by atoms with Crippen LogP contribution in [0.4, 0.5) is 19.0 Å². The number of hydrogen-bond acceptors (Lipinski definition) is 7. The summed E-state index contributed by atoms with van der Waals surface area (Å²) in [4.78, 5) is 26.8. The van der Waals surface area contributed by atoms with Gasteiger partial charge in [0, 0.05) is 21.5 Å². The number of thiophene rings is 1. The fraction of sp³-hybridized carbons (Fsp3) is 0.143. The number of hydrogen-bond donors (Lipinski definition) is 1. The molecule has 0 spiro atoms. The van der Waals surface area contributed by atoms with Crippen molar-refractivity contribution in [1.29, 1.82) is 0 Å². The van der Waals surface area contributed by atoms with Gasteiger partial charge in [-0.2, -0.15) is 13.2 Å². The molecule has 1 atom stereocenters. The van der Waals surface area contributed by atoms with Gasteiger partial charge in [-0.1, -0.05) is 18.2 Å². The molecule has 162 valence electrons. The lowest BCUT2D eigenvalue weighted by atomic mass is 10.1. The quantitative estimate of drug-likeness (QED) is 0.366. The highest BCUT2D eigenvalue weighted by Crippen LogP contribution is 2.38. The van der Waals surface area contributed by atoms with E-state index in [0.717, 1.165) is 16.7 Å². The summed E-state index contributed by atoms with van der Waals surface area (Å²) in [6.45, 7) is 1.82. The molecule has 0 aliphatic rings. The zero-order valence-corrected chi connectivity index (χ0v) is 18.1. The van der Waals surface area contributed by atoms with Crippen molar-refractivity contribution in [2.45, 2.75) is 19.1 Å². The first-order valence-electron chi connectivity index (χ1n) is 9.45. The van der Waals surface area contributed by atoms with Gasteiger partial charge in [0.25, 0.3) is 5.56 Å². The second-order valence-electron chi connectivity index (χ2n) is 7.03. The lowest BCUT2D eigenvalue weighted by Gasteiger charge is -2.21. The van der Waals surface area contributed by atoms with Gasteiger partial charge in [0.1, 0.15) is 16.7 Å². The molecule has 6 nitrogen and oxygen atoms in total. The molecule has 0 aliphatic heterocycles. The van der Waals surface area contributed by atoms with Crippen LogP contribution in [0.3, 0.4) is 0 Å². The molecule has 4 aromatic heterocycles. The Labute approximate surface area is 187 Å². The van der Waals surface area contributed by atoms with Gasteiger partial charge < -0.3 is 5.32 Å². The molecule has 1 N–H and O–H groups in total. The van der Waals surface area contributed by atoms with Gasteiger partial charge in [-0.25, -0.2) is 15.0 Å². The van der Waals surface area contributed by atoms with E-state index in [-0.39, 0.29) is 10.1 Å². The van der Waals surface area contributed by atoms with Crippen LogP contribution >= 0.6 is 22.7 Å². The summed E-state index contributed by atoms with van der Waals surface area (Å²) >= 11 is 2.27. The van der Waals surface area contributed by atoms with E-state index in [9.17, 15) is 18.0 Å². The number of aromatic nitrogens is 4. The number of fused-ring (bicyclic) bond motifs is 2. The second kappa shape index (κ2) is 7.68. The van der Waals surface area contributed by atoms with E-state index >= 15 is 0 Å². The van der Waals surface area contributed by atoms with Crippen LogP contribution in [0.1, 0.15) is 24.2 Å². The molecule has 0 fully saturated rings. The average Bonchev–Trinajstić information content (AvgIpc) is 3.42. The second-order valence-corrected chi connectivity index (χ2v) is 8.77. The number of anilines is 1. The van der Waals surface area contributed by atoms with Crippen molar-refractivity contribution in [3.8, 4) is 5.69 Å². The Morgan fingerprint density at radius 2 is 1.88 bits per heavy atom. The zero-order valence-electron chi connectivity index (χ0n) is 16.4. The Bertz CT molecular complexity index is 1490. The van der Waals surface area contributed by atoms with E-state index in [1.54, 1.807) is 41.9 Å². The predicted molar refractivity (Wildman–Crippen MR) is 120 cm³/mol. The van der Waals surface area contributed by atoms with Crippen LogP contribution in [0.25, 0.3) is 26.1 Å². The number of rotatable bonds is 4. The van der Waals surface area contributed by atoms with Crippen molar-refractivity contribution in [2.24, 2.45) is 0 Å². The first-order chi connectivity index (χ1) is 15.3. The number of halogens is 3. The molecule has 4 heterocycles. The lowest BCUT2D eigenvalue weighted by Crippen LogP contribution is -2.26. The standard InChI is InChI=1S/C21H14F3N5OS2/c1-11(28-18-17-19(26-9-25-18)32-10-27-17)14-7-15-16(13(8-31-15)21(22,23)24)20(30)29(14)12-5-3-2-4-6-12/h2-11H,1H3,(H,25,26,28)/t11-/m0/s1. The molecule has 0 saturated heterocycles. The number of alkyl halides is 3. The largest absolute Gasteiger partial charge is 0.418 e. The molecule has 32 heavy (non-hydrogen) atoms. The molecule has 5 aromatic rings. The van der Waals surface area contributed by atoms with Crippen molar-refractivity contribution < 1.29 is 13.2 Å². The maximum absolute atomic E-state index is 13.6. The molecular weight excluding hydrogens is 459 g/mol. The number of nitrogens with zero attached hydrogens (tertiary/aromatic N) is 4. The van der Waals surface area contributed by atoms with E-state index < -0.39 is 23.3 Å². The number of thiazole rings is 1. The number of benzene rings is 1. The minimum atomic E-state index is -4.62. The summed E-state index contributed by atoms with van der Waals surface area (Å²) in [6.07, 6.45) is -3.20. The van der Waals surface area contributed by atoms with Gasteiger partial charge in [-0.05, 0) is 25.1 Å². The van der Waals surface area contributed by atoms with Crippen LogP contribution in [-0.4, -0.2) is 19.5 Å². The summed E-state index contributed by atoms with van der Waals surface area (Å²) in [5.41, 5.74) is 1.60. The molecule has 0 unspecified atom stereocenters. The third-order valence-corrected chi connectivity index (χ3v) is 6.69. The number of pyridine rings is 1. The topological polar surface area (TPSA) is 72.7 Å². The van der Waals surface area contributed by atoms with Crippen molar-refractivity contribution in [2.75, 3.05) is 5.32 Å². The highest BCUT2D eigenvalue weighted by atomic mass is 32.1. The van der Waals surface area contributed by atoms with Crippen LogP contribution in [0.15, 0.2) is 58.4 Å². The Morgan fingerprint density at radius 1 is 1.09 bits per heavy atom. The van der Waals surface area contributed by atoms with Crippen LogP contribution < -0.4 is 10.9 Å². The number of nitrogens with one attached hydrogen (secondary N) is 1. The molecule has 0 bridgehead atoms. The van der Waals surface area contributed by atoms with Crippen molar-refractivity contribution in [1.82, 2.24) is 19.5 Å². The predicted octanol–water partition coefficient (Wildman–Crippen LogP) is 5.64. The summed E-state index contributed by atoms with van der Waals surface area (Å²) in [5, 5.41) is 3.91. The highest BCUT2D eigenvalue weighted by Gasteiger charge is 2.35. The smallest absolute Gasteiger partial charge is 0.360 e. The summed E-state index contributed by atoms with van der Waals surface area (Å²) in [7, 11) is 0. The van der Waals surface area contributed by atoms with E-state index in [1.807, 2.05) is 6.92 Å². The third-order valence-electron chi connectivity index (χ3n) is 5.03. The Morgan fingerprint density at radius 3 is 2.62 bits per heavy atom. The van der Waals surface area contributed by atoms with Gasteiger partial charge in [0.05, 0.1) is 22.5 Å². The Balaban J connectivity index is 1.71. The van der Waals surface area contributed by atoms with Crippen LogP contribution in [0.5, 0.6) is 0 Å². The van der Waals surface area contributed by atoms with E-state index in [1.165, 1.54) is 22.2 Å². The first-order valence-corrected chi connectivity index (χ1v) is 11.2. The van der Waals surface area contributed by atoms with Gasteiger partial charge in [-0.3, -0.25) is 9.36 Å².